The van der Waals surface area contributed by atoms with Crippen LogP contribution in [0.2, 0.25) is 6.32 Å². The van der Waals surface area contributed by atoms with E-state index in [1.54, 1.807) is 0 Å². The number of methoxy groups -OCH3 is 1. The molecule has 0 aliphatic carbocycles. The van der Waals surface area contributed by atoms with Gasteiger partial charge in [0.1, 0.15) is 6.04 Å². The van der Waals surface area contributed by atoms with Gasteiger partial charge in [0.2, 0.25) is 5.91 Å². The van der Waals surface area contributed by atoms with Gasteiger partial charge in [0, 0.05) is 12.5 Å². The predicted octanol–water partition coefficient (Wildman–Crippen LogP) is 1.81. The third kappa shape index (κ3) is 4.53. The first kappa shape index (κ1) is 19.3. The van der Waals surface area contributed by atoms with Gasteiger partial charge in [0.05, 0.1) is 33.7 Å². The number of carbonyl (C=O) groups excluding carboxylic acids is 2. The van der Waals surface area contributed by atoms with Crippen LogP contribution in [0.15, 0.2) is 24.3 Å². The molecule has 0 spiro atoms. The van der Waals surface area contributed by atoms with Crippen molar-refractivity contribution in [1.82, 2.24) is 4.90 Å². The molecule has 25 heavy (non-hydrogen) atoms. The van der Waals surface area contributed by atoms with Crippen molar-refractivity contribution in [3.63, 3.8) is 0 Å². The molecule has 2 rings (SSSR count). The molecule has 1 fully saturated rings. The molecule has 134 valence electrons. The maximum atomic E-state index is 12.6. The number of benzene rings is 1. The smallest absolute Gasteiger partial charge is 0.416 e. The second kappa shape index (κ2) is 7.90. The van der Waals surface area contributed by atoms with E-state index in [0.717, 1.165) is 12.1 Å². The zero-order valence-corrected chi connectivity index (χ0v) is 13.6. The lowest BCUT2D eigenvalue weighted by molar-refractivity contribution is -0.164. The number of halogens is 3. The Morgan fingerprint density at radius 2 is 1.92 bits per heavy atom. The van der Waals surface area contributed by atoms with Crippen molar-refractivity contribution in [2.75, 3.05) is 20.3 Å². The Kier molecular flexibility index (Phi) is 6.10. The third-order valence-electron chi connectivity index (χ3n) is 4.02. The Labute approximate surface area is 144 Å². The fraction of sp³-hybridized carbons (Fsp3) is 0.500. The molecule has 1 saturated heterocycles. The third-order valence-corrected chi connectivity index (χ3v) is 4.02. The van der Waals surface area contributed by atoms with Gasteiger partial charge in [-0.1, -0.05) is 12.1 Å². The molecule has 5 nitrogen and oxygen atoms in total. The molecule has 9 heteroatoms. The van der Waals surface area contributed by atoms with Crippen molar-refractivity contribution >= 4 is 19.7 Å². The minimum absolute atomic E-state index is 0.0512. The zero-order chi connectivity index (χ0) is 18.6. The topological polar surface area (TPSA) is 55.8 Å². The summed E-state index contributed by atoms with van der Waals surface area (Å²) < 4.78 is 47.8. The van der Waals surface area contributed by atoms with Gasteiger partial charge in [-0.05, 0) is 24.0 Å². The van der Waals surface area contributed by atoms with Crippen molar-refractivity contribution in [3.05, 3.63) is 35.4 Å². The van der Waals surface area contributed by atoms with Gasteiger partial charge in [-0.15, -0.1) is 0 Å². The molecule has 0 bridgehead atoms. The Bertz CT molecular complexity index is 617. The van der Waals surface area contributed by atoms with Crippen LogP contribution < -0.4 is 0 Å². The van der Waals surface area contributed by atoms with E-state index < -0.39 is 29.7 Å². The van der Waals surface area contributed by atoms with Crippen molar-refractivity contribution in [1.29, 1.82) is 0 Å². The highest BCUT2D eigenvalue weighted by molar-refractivity contribution is 6.19. The summed E-state index contributed by atoms with van der Waals surface area (Å²) in [6, 6.07) is 3.51. The maximum absolute atomic E-state index is 12.6. The standard InChI is InChI=1S/C16H17BF3NO4/c1-24-15(23)14(11-8-25-9-11)21(13(22)6-17)7-10-2-4-12(5-3-10)16(18,19)20/h2-5,11,14H,6-9H2,1H3. The lowest BCUT2D eigenvalue weighted by atomic mass is 9.93. The number of alkyl halides is 3. The average Bonchev–Trinajstić information content (AvgIpc) is 2.54. The van der Waals surface area contributed by atoms with Gasteiger partial charge in [-0.2, -0.15) is 13.2 Å². The Morgan fingerprint density at radius 1 is 1.32 bits per heavy atom. The van der Waals surface area contributed by atoms with Crippen molar-refractivity contribution in [2.45, 2.75) is 25.1 Å². The second-order valence-electron chi connectivity index (χ2n) is 5.69. The van der Waals surface area contributed by atoms with Crippen molar-refractivity contribution < 1.29 is 32.2 Å². The van der Waals surface area contributed by atoms with Crippen molar-refractivity contribution in [3.8, 4) is 0 Å². The quantitative estimate of drug-likeness (QED) is 0.577. The number of carbonyl (C=O) groups is 2. The van der Waals surface area contributed by atoms with Crippen LogP contribution in [0, 0.1) is 5.92 Å². The second-order valence-corrected chi connectivity index (χ2v) is 5.69. The van der Waals surface area contributed by atoms with Gasteiger partial charge < -0.3 is 14.4 Å². The molecule has 1 aromatic carbocycles. The van der Waals surface area contributed by atoms with Crippen LogP contribution in [0.25, 0.3) is 0 Å². The molecule has 0 N–H and O–H groups in total. The molecule has 2 radical (unpaired) electrons. The molecule has 1 amide bonds. The minimum Gasteiger partial charge on any atom is -0.467 e. The molecule has 1 atom stereocenters. The summed E-state index contributed by atoms with van der Waals surface area (Å²) in [4.78, 5) is 25.6. The monoisotopic (exact) mass is 355 g/mol. The maximum Gasteiger partial charge on any atom is 0.416 e. The van der Waals surface area contributed by atoms with E-state index in [1.165, 1.54) is 24.1 Å². The summed E-state index contributed by atoms with van der Waals surface area (Å²) in [7, 11) is 6.63. The number of nitrogens with zero attached hydrogens (tertiary/aromatic N) is 1. The number of hydrogen-bond donors (Lipinski definition) is 0. The van der Waals surface area contributed by atoms with E-state index in [-0.39, 0.29) is 18.8 Å². The fourth-order valence-electron chi connectivity index (χ4n) is 2.59. The van der Waals surface area contributed by atoms with Crippen molar-refractivity contribution in [2.24, 2.45) is 5.92 Å². The van der Waals surface area contributed by atoms with Gasteiger partial charge in [-0.25, -0.2) is 4.79 Å². The van der Waals surface area contributed by atoms with E-state index in [9.17, 15) is 22.8 Å². The molecule has 0 saturated carbocycles. The summed E-state index contributed by atoms with van der Waals surface area (Å²) in [5.41, 5.74) is -0.339. The highest BCUT2D eigenvalue weighted by atomic mass is 19.4. The molecular weight excluding hydrogens is 338 g/mol. The highest BCUT2D eigenvalue weighted by Gasteiger charge is 2.40. The van der Waals surface area contributed by atoms with Crippen LogP contribution in [-0.4, -0.2) is 51.0 Å². The number of amides is 1. The van der Waals surface area contributed by atoms with Gasteiger partial charge >= 0.3 is 12.1 Å². The first-order valence-electron chi connectivity index (χ1n) is 7.59. The van der Waals surface area contributed by atoms with E-state index in [1.807, 2.05) is 0 Å². The minimum atomic E-state index is -4.44. The number of rotatable bonds is 6. The van der Waals surface area contributed by atoms with E-state index >= 15 is 0 Å². The lowest BCUT2D eigenvalue weighted by Gasteiger charge is -2.39. The molecule has 1 heterocycles. The molecule has 0 aromatic heterocycles. The van der Waals surface area contributed by atoms with E-state index in [0.29, 0.717) is 18.8 Å². The number of ether oxygens (including phenoxy) is 2. The van der Waals surface area contributed by atoms with E-state index in [2.05, 4.69) is 0 Å². The van der Waals surface area contributed by atoms with Crippen LogP contribution in [0.3, 0.4) is 0 Å². The fourth-order valence-corrected chi connectivity index (χ4v) is 2.59. The predicted molar refractivity (Wildman–Crippen MR) is 82.7 cm³/mol. The summed E-state index contributed by atoms with van der Waals surface area (Å²) in [6.07, 6.45) is -4.77. The molecule has 1 aliphatic heterocycles. The van der Waals surface area contributed by atoms with Crippen LogP contribution in [0.1, 0.15) is 11.1 Å². The van der Waals surface area contributed by atoms with Crippen LogP contribution in [-0.2, 0) is 31.8 Å². The van der Waals surface area contributed by atoms with Crippen LogP contribution in [0.5, 0.6) is 0 Å². The summed E-state index contributed by atoms with van der Waals surface area (Å²) in [6.45, 7) is 0.534. The Balaban J connectivity index is 2.24. The molecule has 1 aliphatic rings. The highest BCUT2D eigenvalue weighted by Crippen LogP contribution is 2.30. The Morgan fingerprint density at radius 3 is 2.32 bits per heavy atom. The molecular formula is C16H17BF3NO4. The van der Waals surface area contributed by atoms with Gasteiger partial charge in [-0.3, -0.25) is 4.79 Å². The lowest BCUT2D eigenvalue weighted by Crippen LogP contribution is -2.54. The molecule has 1 unspecified atom stereocenters. The number of esters is 1. The normalized spacial score (nSPS) is 16.0. The summed E-state index contributed by atoms with van der Waals surface area (Å²) >= 11 is 0. The summed E-state index contributed by atoms with van der Waals surface area (Å²) in [5.74, 6) is -1.35. The van der Waals surface area contributed by atoms with Gasteiger partial charge in [0.15, 0.2) is 0 Å². The van der Waals surface area contributed by atoms with Gasteiger partial charge in [0.25, 0.3) is 0 Å². The average molecular weight is 355 g/mol. The first-order chi connectivity index (χ1) is 11.8. The zero-order valence-electron chi connectivity index (χ0n) is 13.6. The largest absolute Gasteiger partial charge is 0.467 e. The number of hydrogen-bond acceptors (Lipinski definition) is 4. The van der Waals surface area contributed by atoms with E-state index in [4.69, 9.17) is 17.3 Å². The SMILES string of the molecule is [B]CC(=O)N(Cc1ccc(C(F)(F)F)cc1)C(C(=O)OC)C1COC1. The van der Waals surface area contributed by atoms with Crippen LogP contribution >= 0.6 is 0 Å². The summed E-state index contributed by atoms with van der Waals surface area (Å²) in [5, 5.41) is 0. The molecule has 1 aromatic rings. The first-order valence-corrected chi connectivity index (χ1v) is 7.59. The van der Waals surface area contributed by atoms with Crippen LogP contribution in [0.4, 0.5) is 13.2 Å². The Hall–Kier alpha value is -2.03.